The minimum absolute atomic E-state index is 0.112. The Balaban J connectivity index is 2.16. The molecule has 0 spiro atoms. The lowest BCUT2D eigenvalue weighted by Gasteiger charge is -2.38. The molecule has 0 amide bonds. The van der Waals surface area contributed by atoms with E-state index in [9.17, 15) is 8.60 Å². The number of fused-ring (bicyclic) bond motifs is 1. The van der Waals surface area contributed by atoms with Crippen LogP contribution in [0.1, 0.15) is 25.3 Å². The lowest BCUT2D eigenvalue weighted by molar-refractivity contribution is 0.464. The third-order valence-electron chi connectivity index (χ3n) is 4.06. The zero-order valence-electron chi connectivity index (χ0n) is 12.5. The highest BCUT2D eigenvalue weighted by atomic mass is 32.2. The Hall–Kier alpha value is -1.83. The molecule has 0 saturated heterocycles. The molecule has 0 fully saturated rings. The Morgan fingerprint density at radius 3 is 2.91 bits per heavy atom. The second-order valence-electron chi connectivity index (χ2n) is 5.90. The molecule has 1 unspecified atom stereocenters. The van der Waals surface area contributed by atoms with E-state index < -0.39 is 21.3 Å². The number of guanidine groups is 1. The summed E-state index contributed by atoms with van der Waals surface area (Å²) in [6.45, 7) is 2.81. The summed E-state index contributed by atoms with van der Waals surface area (Å²) in [5.41, 5.74) is 11.5. The van der Waals surface area contributed by atoms with Crippen LogP contribution in [0, 0.1) is 5.82 Å². The molecule has 2 aliphatic heterocycles. The van der Waals surface area contributed by atoms with Gasteiger partial charge in [0.1, 0.15) is 21.3 Å². The number of aliphatic imine (C=N–C) groups is 1. The maximum atomic E-state index is 14.3. The number of nitrogens with two attached hydrogens (primary N) is 2. The third-order valence-corrected chi connectivity index (χ3v) is 6.65. The summed E-state index contributed by atoms with van der Waals surface area (Å²) in [5, 5.41) is 0. The molecule has 0 aliphatic carbocycles. The normalized spacial score (nSPS) is 31.7. The van der Waals surface area contributed by atoms with Gasteiger partial charge in [-0.1, -0.05) is 0 Å². The van der Waals surface area contributed by atoms with Gasteiger partial charge in [0.05, 0.1) is 12.3 Å². The van der Waals surface area contributed by atoms with E-state index in [2.05, 4.69) is 9.36 Å². The molecule has 6 nitrogen and oxygen atoms in total. The van der Waals surface area contributed by atoms with Crippen molar-refractivity contribution >= 4 is 21.6 Å². The molecule has 4 N–H and O–H groups in total. The van der Waals surface area contributed by atoms with Crippen LogP contribution in [0.2, 0.25) is 0 Å². The van der Waals surface area contributed by atoms with Crippen LogP contribution in [0.15, 0.2) is 27.6 Å². The Kier molecular flexibility index (Phi) is 3.51. The quantitative estimate of drug-likeness (QED) is 0.764. The molecule has 22 heavy (non-hydrogen) atoms. The van der Waals surface area contributed by atoms with E-state index in [0.29, 0.717) is 24.3 Å². The second kappa shape index (κ2) is 5.12. The fraction of sp³-hybridized carbons (Fsp3) is 0.500. The van der Waals surface area contributed by atoms with Gasteiger partial charge in [0, 0.05) is 17.8 Å². The van der Waals surface area contributed by atoms with Crippen molar-refractivity contribution in [2.24, 2.45) is 15.1 Å². The van der Waals surface area contributed by atoms with Crippen molar-refractivity contribution in [3.8, 4) is 0 Å². The van der Waals surface area contributed by atoms with Gasteiger partial charge in [0.2, 0.25) is 5.96 Å². The Morgan fingerprint density at radius 2 is 2.14 bits per heavy atom. The highest BCUT2D eigenvalue weighted by Gasteiger charge is 2.42. The zero-order valence-corrected chi connectivity index (χ0v) is 13.3. The first kappa shape index (κ1) is 15.1. The molecule has 8 heteroatoms. The summed E-state index contributed by atoms with van der Waals surface area (Å²) >= 11 is 0. The predicted octanol–water partition coefficient (Wildman–Crippen LogP) is 1.43. The maximum Gasteiger partial charge on any atom is 0.204 e. The first-order chi connectivity index (χ1) is 10.3. The number of hydrogen-bond acceptors (Lipinski definition) is 5. The molecule has 1 aromatic carbocycles. The fourth-order valence-electron chi connectivity index (χ4n) is 2.97. The van der Waals surface area contributed by atoms with Gasteiger partial charge in [0.15, 0.2) is 0 Å². The molecule has 0 radical (unpaired) electrons. The van der Waals surface area contributed by atoms with Crippen LogP contribution in [0.4, 0.5) is 10.1 Å². The number of nitrogen functional groups attached to an aromatic ring is 1. The van der Waals surface area contributed by atoms with Crippen molar-refractivity contribution < 1.29 is 8.60 Å². The van der Waals surface area contributed by atoms with Crippen LogP contribution in [-0.2, 0) is 15.5 Å². The Labute approximate surface area is 129 Å². The molecular formula is C14H20FN5OS. The van der Waals surface area contributed by atoms with Crippen molar-refractivity contribution in [3.63, 3.8) is 0 Å². The number of rotatable bonds is 1. The van der Waals surface area contributed by atoms with Gasteiger partial charge in [-0.3, -0.25) is 4.31 Å². The minimum Gasteiger partial charge on any atom is -0.399 e. The molecule has 3 rings (SSSR count). The summed E-state index contributed by atoms with van der Waals surface area (Å²) in [7, 11) is -2.71. The molecular weight excluding hydrogens is 305 g/mol. The van der Waals surface area contributed by atoms with E-state index in [1.165, 1.54) is 18.2 Å². The second-order valence-corrected chi connectivity index (χ2v) is 8.10. The summed E-state index contributed by atoms with van der Waals surface area (Å²) in [6, 6.07) is 4.31. The minimum atomic E-state index is -2.71. The molecule has 0 bridgehead atoms. The van der Waals surface area contributed by atoms with E-state index in [-0.39, 0.29) is 11.7 Å². The summed E-state index contributed by atoms with van der Waals surface area (Å²) in [4.78, 5) is 4.44. The molecule has 2 atom stereocenters. The lowest BCUT2D eigenvalue weighted by atomic mass is 9.93. The van der Waals surface area contributed by atoms with Gasteiger partial charge in [0.25, 0.3) is 0 Å². The lowest BCUT2D eigenvalue weighted by Crippen LogP contribution is -2.52. The van der Waals surface area contributed by atoms with Crippen molar-refractivity contribution in [1.82, 2.24) is 4.31 Å². The van der Waals surface area contributed by atoms with Crippen molar-refractivity contribution in [2.75, 3.05) is 24.6 Å². The Morgan fingerprint density at radius 1 is 1.36 bits per heavy atom. The van der Waals surface area contributed by atoms with Gasteiger partial charge in [-0.15, -0.1) is 0 Å². The standard InChI is InChI=1S/C14H20FN5OS/c1-14(11-8-10(16)4-5-12(11)15)9-22(21)18-6-2-3-7-20(22)13(17)19-14/h4-5,8H,2-3,6-7,9,16H2,1H3,(H2,17,19)/t14-,22?/m0/s1. The van der Waals surface area contributed by atoms with E-state index in [0.717, 1.165) is 12.8 Å². The number of hydrogen-bond donors (Lipinski definition) is 2. The molecule has 0 saturated carbocycles. The van der Waals surface area contributed by atoms with Crippen LogP contribution in [0.5, 0.6) is 0 Å². The maximum absolute atomic E-state index is 14.3. The van der Waals surface area contributed by atoms with Crippen molar-refractivity contribution in [3.05, 3.63) is 29.6 Å². The first-order valence-corrected chi connectivity index (χ1v) is 8.87. The van der Waals surface area contributed by atoms with Crippen molar-refractivity contribution in [1.29, 1.82) is 0 Å². The number of anilines is 1. The monoisotopic (exact) mass is 325 g/mol. The molecule has 120 valence electrons. The van der Waals surface area contributed by atoms with Crippen LogP contribution in [0.3, 0.4) is 0 Å². The van der Waals surface area contributed by atoms with Gasteiger partial charge in [-0.25, -0.2) is 18.0 Å². The van der Waals surface area contributed by atoms with Crippen LogP contribution < -0.4 is 11.5 Å². The van der Waals surface area contributed by atoms with Crippen LogP contribution >= 0.6 is 0 Å². The predicted molar refractivity (Wildman–Crippen MR) is 86.0 cm³/mol. The average molecular weight is 325 g/mol. The SMILES string of the molecule is C[C@@]1(c2cc(N)ccc2F)CS2(=O)=NCCCCN2C(N)=N1. The largest absolute Gasteiger partial charge is 0.399 e. The van der Waals surface area contributed by atoms with Gasteiger partial charge in [-0.05, 0) is 38.0 Å². The molecule has 2 aliphatic rings. The van der Waals surface area contributed by atoms with Crippen molar-refractivity contribution in [2.45, 2.75) is 25.3 Å². The number of nitrogens with zero attached hydrogens (tertiary/aromatic N) is 3. The summed E-state index contributed by atoms with van der Waals surface area (Å²) in [6.07, 6.45) is 1.73. The van der Waals surface area contributed by atoms with Gasteiger partial charge < -0.3 is 11.5 Å². The first-order valence-electron chi connectivity index (χ1n) is 7.23. The fourth-order valence-corrected chi connectivity index (χ4v) is 5.47. The molecule has 0 aromatic heterocycles. The average Bonchev–Trinajstić information content (AvgIpc) is 2.62. The molecule has 1 aromatic rings. The topological polar surface area (TPSA) is 97.1 Å². The smallest absolute Gasteiger partial charge is 0.204 e. The number of benzene rings is 1. The van der Waals surface area contributed by atoms with E-state index in [4.69, 9.17) is 11.5 Å². The van der Waals surface area contributed by atoms with Gasteiger partial charge >= 0.3 is 0 Å². The van der Waals surface area contributed by atoms with Gasteiger partial charge in [-0.2, -0.15) is 0 Å². The zero-order chi connectivity index (χ0) is 16.0. The van der Waals surface area contributed by atoms with E-state index in [1.54, 1.807) is 11.2 Å². The molecule has 2 heterocycles. The number of halogens is 1. The Bertz CT molecular complexity index is 756. The van der Waals surface area contributed by atoms with E-state index >= 15 is 0 Å². The highest BCUT2D eigenvalue weighted by molar-refractivity contribution is 7.92. The summed E-state index contributed by atoms with van der Waals surface area (Å²) in [5.74, 6) is -0.161. The van der Waals surface area contributed by atoms with Crippen LogP contribution in [0.25, 0.3) is 0 Å². The van der Waals surface area contributed by atoms with E-state index in [1.807, 2.05) is 0 Å². The highest BCUT2D eigenvalue weighted by Crippen LogP contribution is 2.36. The third kappa shape index (κ3) is 2.41. The summed E-state index contributed by atoms with van der Waals surface area (Å²) < 4.78 is 33.4. The van der Waals surface area contributed by atoms with Crippen LogP contribution in [-0.4, -0.2) is 33.3 Å².